The summed E-state index contributed by atoms with van der Waals surface area (Å²) < 4.78 is 5.12. The minimum absolute atomic E-state index is 0.208. The predicted molar refractivity (Wildman–Crippen MR) is 129 cm³/mol. The Kier molecular flexibility index (Phi) is 8.68. The van der Waals surface area contributed by atoms with Crippen molar-refractivity contribution in [2.45, 2.75) is 37.6 Å². The second kappa shape index (κ2) is 11.7. The smallest absolute Gasteiger partial charge is 0.269 e. The van der Waals surface area contributed by atoms with E-state index in [1.807, 2.05) is 38.1 Å². The van der Waals surface area contributed by atoms with Crippen molar-refractivity contribution in [3.63, 3.8) is 0 Å². The molecule has 0 radical (unpaired) electrons. The summed E-state index contributed by atoms with van der Waals surface area (Å²) in [5, 5.41) is 1.22. The van der Waals surface area contributed by atoms with Gasteiger partial charge in [-0.1, -0.05) is 41.6 Å². The Balaban J connectivity index is 1.44. The zero-order valence-electron chi connectivity index (χ0n) is 18.6. The molecule has 2 N–H and O–H groups in total. The standard InChI is InChI=1S/C24H25ClN4O3S/c1-15-12-16(2)27-24(26-15)33-14-18-4-8-19(9-5-18)23(31)29-28-22(30)11-7-17-6-10-21(32-3)20(25)13-17/h4-6,8-10,12-13H,7,11,14H2,1-3H3,(H,28,30)(H,29,31). The van der Waals surface area contributed by atoms with Crippen LogP contribution in [-0.2, 0) is 17.0 Å². The Hall–Kier alpha value is -3.10. The Morgan fingerprint density at radius 3 is 2.27 bits per heavy atom. The third kappa shape index (κ3) is 7.47. The molecule has 3 rings (SSSR count). The van der Waals surface area contributed by atoms with E-state index in [0.29, 0.717) is 28.5 Å². The van der Waals surface area contributed by atoms with E-state index in [0.717, 1.165) is 27.7 Å². The molecule has 0 saturated heterocycles. The van der Waals surface area contributed by atoms with Crippen molar-refractivity contribution in [1.29, 1.82) is 0 Å². The Morgan fingerprint density at radius 1 is 0.970 bits per heavy atom. The molecule has 1 aromatic heterocycles. The highest BCUT2D eigenvalue weighted by Gasteiger charge is 2.09. The monoisotopic (exact) mass is 484 g/mol. The predicted octanol–water partition coefficient (Wildman–Crippen LogP) is 4.44. The normalized spacial score (nSPS) is 10.5. The molecule has 0 unspecified atom stereocenters. The molecular formula is C24H25ClN4O3S. The molecule has 0 aliphatic heterocycles. The second-order valence-corrected chi connectivity index (χ2v) is 8.74. The maximum absolute atomic E-state index is 12.3. The lowest BCUT2D eigenvalue weighted by Crippen LogP contribution is -2.41. The number of nitrogens with zero attached hydrogens (tertiary/aromatic N) is 2. The number of thioether (sulfide) groups is 1. The lowest BCUT2D eigenvalue weighted by Gasteiger charge is -2.09. The second-order valence-electron chi connectivity index (χ2n) is 7.39. The number of halogens is 1. The van der Waals surface area contributed by atoms with Crippen LogP contribution in [-0.4, -0.2) is 28.9 Å². The number of nitrogens with one attached hydrogen (secondary N) is 2. The van der Waals surface area contributed by atoms with Crippen molar-refractivity contribution in [2.75, 3.05) is 7.11 Å². The van der Waals surface area contributed by atoms with Gasteiger partial charge in [-0.15, -0.1) is 0 Å². The quantitative estimate of drug-likeness (QED) is 0.279. The number of hydrogen-bond acceptors (Lipinski definition) is 6. The highest BCUT2D eigenvalue weighted by Crippen LogP contribution is 2.25. The molecule has 2 amide bonds. The van der Waals surface area contributed by atoms with Crippen LogP contribution in [0.4, 0.5) is 0 Å². The van der Waals surface area contributed by atoms with Crippen LogP contribution in [0.25, 0.3) is 0 Å². The number of aromatic nitrogens is 2. The molecule has 0 fully saturated rings. The molecule has 2 aromatic carbocycles. The van der Waals surface area contributed by atoms with E-state index in [2.05, 4.69) is 20.8 Å². The number of carbonyl (C=O) groups is 2. The van der Waals surface area contributed by atoms with Crippen LogP contribution in [0.15, 0.2) is 53.7 Å². The minimum Gasteiger partial charge on any atom is -0.495 e. The van der Waals surface area contributed by atoms with Gasteiger partial charge in [-0.25, -0.2) is 9.97 Å². The first-order valence-electron chi connectivity index (χ1n) is 10.3. The molecule has 33 heavy (non-hydrogen) atoms. The van der Waals surface area contributed by atoms with Crippen molar-refractivity contribution >= 4 is 35.2 Å². The van der Waals surface area contributed by atoms with E-state index in [9.17, 15) is 9.59 Å². The summed E-state index contributed by atoms with van der Waals surface area (Å²) in [6.45, 7) is 3.89. The fourth-order valence-electron chi connectivity index (χ4n) is 3.04. The van der Waals surface area contributed by atoms with Crippen LogP contribution in [0.5, 0.6) is 5.75 Å². The molecule has 1 heterocycles. The third-order valence-electron chi connectivity index (χ3n) is 4.72. The lowest BCUT2D eigenvalue weighted by atomic mass is 10.1. The maximum Gasteiger partial charge on any atom is 0.269 e. The molecule has 3 aromatic rings. The first-order valence-corrected chi connectivity index (χ1v) is 11.7. The molecule has 0 aliphatic rings. The van der Waals surface area contributed by atoms with Gasteiger partial charge in [0, 0.05) is 29.1 Å². The number of ether oxygens (including phenoxy) is 1. The number of aryl methyl sites for hydroxylation is 3. The molecule has 0 saturated carbocycles. The van der Waals surface area contributed by atoms with Crippen LogP contribution in [0.3, 0.4) is 0 Å². The summed E-state index contributed by atoms with van der Waals surface area (Å²) in [7, 11) is 1.55. The van der Waals surface area contributed by atoms with E-state index < -0.39 is 0 Å². The van der Waals surface area contributed by atoms with Gasteiger partial charge >= 0.3 is 0 Å². The van der Waals surface area contributed by atoms with Gasteiger partial charge in [0.25, 0.3) is 5.91 Å². The van der Waals surface area contributed by atoms with Gasteiger partial charge in [-0.3, -0.25) is 20.4 Å². The maximum atomic E-state index is 12.3. The van der Waals surface area contributed by atoms with Gasteiger partial charge in [0.1, 0.15) is 5.75 Å². The van der Waals surface area contributed by atoms with Crippen LogP contribution in [0.1, 0.15) is 39.3 Å². The summed E-state index contributed by atoms with van der Waals surface area (Å²) in [5.41, 5.74) is 9.16. The lowest BCUT2D eigenvalue weighted by molar-refractivity contribution is -0.121. The number of rotatable bonds is 8. The van der Waals surface area contributed by atoms with E-state index in [1.54, 1.807) is 43.1 Å². The van der Waals surface area contributed by atoms with Gasteiger partial charge in [0.15, 0.2) is 5.16 Å². The fourth-order valence-corrected chi connectivity index (χ4v) is 4.23. The van der Waals surface area contributed by atoms with Gasteiger partial charge in [0.05, 0.1) is 12.1 Å². The molecule has 7 nitrogen and oxygen atoms in total. The van der Waals surface area contributed by atoms with E-state index in [4.69, 9.17) is 16.3 Å². The highest BCUT2D eigenvalue weighted by molar-refractivity contribution is 7.98. The molecular weight excluding hydrogens is 460 g/mol. The van der Waals surface area contributed by atoms with Crippen molar-refractivity contribution in [3.8, 4) is 5.75 Å². The number of methoxy groups -OCH3 is 1. The number of carbonyl (C=O) groups excluding carboxylic acids is 2. The highest BCUT2D eigenvalue weighted by atomic mass is 35.5. The summed E-state index contributed by atoms with van der Waals surface area (Å²) >= 11 is 7.64. The SMILES string of the molecule is COc1ccc(CCC(=O)NNC(=O)c2ccc(CSc3nc(C)cc(C)n3)cc2)cc1Cl. The van der Waals surface area contributed by atoms with Crippen molar-refractivity contribution in [2.24, 2.45) is 0 Å². The average molecular weight is 485 g/mol. The van der Waals surface area contributed by atoms with E-state index >= 15 is 0 Å². The van der Waals surface area contributed by atoms with Crippen molar-refractivity contribution in [3.05, 3.63) is 81.6 Å². The molecule has 172 valence electrons. The van der Waals surface area contributed by atoms with Crippen LogP contribution >= 0.6 is 23.4 Å². The summed E-state index contributed by atoms with van der Waals surface area (Å²) in [5.74, 6) is 0.599. The van der Waals surface area contributed by atoms with E-state index in [1.165, 1.54) is 0 Å². The number of amides is 2. The molecule has 0 aliphatic carbocycles. The molecule has 0 spiro atoms. The molecule has 0 bridgehead atoms. The first-order chi connectivity index (χ1) is 15.8. The van der Waals surface area contributed by atoms with Gasteiger partial charge in [0.2, 0.25) is 5.91 Å². The Bertz CT molecular complexity index is 1120. The van der Waals surface area contributed by atoms with Crippen LogP contribution < -0.4 is 15.6 Å². The van der Waals surface area contributed by atoms with E-state index in [-0.39, 0.29) is 18.2 Å². The van der Waals surface area contributed by atoms with Gasteiger partial charge in [-0.2, -0.15) is 0 Å². The zero-order chi connectivity index (χ0) is 23.8. The van der Waals surface area contributed by atoms with Crippen molar-refractivity contribution in [1.82, 2.24) is 20.8 Å². The zero-order valence-corrected chi connectivity index (χ0v) is 20.2. The molecule has 0 atom stereocenters. The van der Waals surface area contributed by atoms with Crippen molar-refractivity contribution < 1.29 is 14.3 Å². The largest absolute Gasteiger partial charge is 0.495 e. The number of hydrazine groups is 1. The summed E-state index contributed by atoms with van der Waals surface area (Å²) in [6.07, 6.45) is 0.696. The van der Waals surface area contributed by atoms with Gasteiger partial charge < -0.3 is 4.74 Å². The Morgan fingerprint density at radius 2 is 1.64 bits per heavy atom. The molecule has 9 heteroatoms. The first kappa shape index (κ1) is 24.5. The fraction of sp³-hybridized carbons (Fsp3) is 0.250. The Labute approximate surface area is 202 Å². The number of benzene rings is 2. The van der Waals surface area contributed by atoms with Crippen LogP contribution in [0, 0.1) is 13.8 Å². The third-order valence-corrected chi connectivity index (χ3v) is 5.93. The summed E-state index contributed by atoms with van der Waals surface area (Å²) in [6, 6.07) is 14.5. The van der Waals surface area contributed by atoms with Crippen LogP contribution in [0.2, 0.25) is 5.02 Å². The average Bonchev–Trinajstić information content (AvgIpc) is 2.79. The van der Waals surface area contributed by atoms with Gasteiger partial charge in [-0.05, 0) is 61.7 Å². The minimum atomic E-state index is -0.382. The topological polar surface area (TPSA) is 93.2 Å². The number of hydrogen-bond donors (Lipinski definition) is 2. The summed E-state index contributed by atoms with van der Waals surface area (Å²) in [4.78, 5) is 33.2.